The van der Waals surface area contributed by atoms with Crippen LogP contribution in [0.3, 0.4) is 0 Å². The maximum atomic E-state index is 10.6. The van der Waals surface area contributed by atoms with Gasteiger partial charge in [-0.05, 0) is 6.92 Å². The zero-order chi connectivity index (χ0) is 8.43. The first-order valence-electron chi connectivity index (χ1n) is 3.40. The normalized spacial score (nSPS) is 21.4. The zero-order valence-electron chi connectivity index (χ0n) is 6.20. The second kappa shape index (κ2) is 2.87. The molecule has 1 heterocycles. The molecule has 5 nitrogen and oxygen atoms in total. The van der Waals surface area contributed by atoms with Crippen LogP contribution in [0.5, 0.6) is 0 Å². The highest BCUT2D eigenvalue weighted by atomic mass is 16.4. The molecule has 1 saturated heterocycles. The number of nitrogens with zero attached hydrogens (tertiary/aromatic N) is 1. The number of aliphatic carboxylic acids is 1. The van der Waals surface area contributed by atoms with Crippen molar-refractivity contribution in [2.45, 2.75) is 19.4 Å². The molecule has 2 N–H and O–H groups in total. The van der Waals surface area contributed by atoms with Crippen LogP contribution in [0.1, 0.15) is 13.3 Å². The molecular weight excluding hydrogens is 148 g/mol. The first kappa shape index (κ1) is 8.00. The number of carboxylic acid groups (broad SMARTS) is 1. The molecule has 1 amide bonds. The molecule has 1 unspecified atom stereocenters. The Morgan fingerprint density at radius 3 is 2.82 bits per heavy atom. The van der Waals surface area contributed by atoms with Crippen molar-refractivity contribution in [3.8, 4) is 0 Å². The molecular formula is C6H10N2O3. The van der Waals surface area contributed by atoms with E-state index < -0.39 is 12.0 Å². The van der Waals surface area contributed by atoms with Crippen LogP contribution in [-0.2, 0) is 9.59 Å². The van der Waals surface area contributed by atoms with Gasteiger partial charge in [-0.25, -0.2) is 5.01 Å². The number of carbonyl (C=O) groups excluding carboxylic acids is 1. The number of amides is 1. The molecule has 0 spiro atoms. The lowest BCUT2D eigenvalue weighted by Crippen LogP contribution is -2.44. The van der Waals surface area contributed by atoms with Crippen molar-refractivity contribution in [2.24, 2.45) is 0 Å². The highest BCUT2D eigenvalue weighted by Gasteiger charge is 2.26. The summed E-state index contributed by atoms with van der Waals surface area (Å²) in [4.78, 5) is 21.0. The van der Waals surface area contributed by atoms with Gasteiger partial charge in [0.25, 0.3) is 0 Å². The van der Waals surface area contributed by atoms with Gasteiger partial charge >= 0.3 is 5.97 Å². The third-order valence-electron chi connectivity index (χ3n) is 1.67. The SMILES string of the molecule is CC(C(=O)O)N1CCC(=O)N1. The Morgan fingerprint density at radius 2 is 2.45 bits per heavy atom. The monoisotopic (exact) mass is 158 g/mol. The van der Waals surface area contributed by atoms with E-state index in [1.807, 2.05) is 0 Å². The fourth-order valence-electron chi connectivity index (χ4n) is 0.918. The average molecular weight is 158 g/mol. The Morgan fingerprint density at radius 1 is 1.82 bits per heavy atom. The summed E-state index contributed by atoms with van der Waals surface area (Å²) in [7, 11) is 0. The average Bonchev–Trinajstić information content (AvgIpc) is 2.34. The van der Waals surface area contributed by atoms with E-state index in [-0.39, 0.29) is 5.91 Å². The van der Waals surface area contributed by atoms with Crippen molar-refractivity contribution < 1.29 is 14.7 Å². The molecule has 0 saturated carbocycles. The summed E-state index contributed by atoms with van der Waals surface area (Å²) in [5.74, 6) is -1.04. The van der Waals surface area contributed by atoms with Gasteiger partial charge in [0.05, 0.1) is 0 Å². The van der Waals surface area contributed by atoms with Crippen LogP contribution in [0, 0.1) is 0 Å². The van der Waals surface area contributed by atoms with Crippen LogP contribution in [0.25, 0.3) is 0 Å². The van der Waals surface area contributed by atoms with Crippen molar-refractivity contribution >= 4 is 11.9 Å². The molecule has 0 aliphatic carbocycles. The van der Waals surface area contributed by atoms with Crippen molar-refractivity contribution in [2.75, 3.05) is 6.54 Å². The molecule has 62 valence electrons. The highest BCUT2D eigenvalue weighted by molar-refractivity contribution is 5.79. The van der Waals surface area contributed by atoms with Crippen LogP contribution >= 0.6 is 0 Å². The molecule has 1 aliphatic heterocycles. The minimum absolute atomic E-state index is 0.113. The maximum Gasteiger partial charge on any atom is 0.322 e. The van der Waals surface area contributed by atoms with Gasteiger partial charge in [-0.2, -0.15) is 0 Å². The zero-order valence-corrected chi connectivity index (χ0v) is 6.20. The minimum Gasteiger partial charge on any atom is -0.480 e. The summed E-state index contributed by atoms with van der Waals surface area (Å²) in [6.07, 6.45) is 0.387. The van der Waals surface area contributed by atoms with E-state index in [2.05, 4.69) is 5.43 Å². The molecule has 5 heteroatoms. The summed E-state index contributed by atoms with van der Waals surface area (Å²) in [6.45, 7) is 2.01. The molecule has 1 rings (SSSR count). The quantitative estimate of drug-likeness (QED) is 0.551. The van der Waals surface area contributed by atoms with E-state index in [1.165, 1.54) is 11.9 Å². The first-order chi connectivity index (χ1) is 5.11. The van der Waals surface area contributed by atoms with E-state index >= 15 is 0 Å². The van der Waals surface area contributed by atoms with Crippen molar-refractivity contribution in [1.29, 1.82) is 0 Å². The lowest BCUT2D eigenvalue weighted by atomic mass is 10.3. The number of hydrogen-bond donors (Lipinski definition) is 2. The fraction of sp³-hybridized carbons (Fsp3) is 0.667. The van der Waals surface area contributed by atoms with Crippen LogP contribution in [0.4, 0.5) is 0 Å². The fourth-order valence-corrected chi connectivity index (χ4v) is 0.918. The predicted octanol–water partition coefficient (Wildman–Crippen LogP) is -0.804. The van der Waals surface area contributed by atoms with Crippen molar-refractivity contribution in [1.82, 2.24) is 10.4 Å². The first-order valence-corrected chi connectivity index (χ1v) is 3.40. The third-order valence-corrected chi connectivity index (χ3v) is 1.67. The van der Waals surface area contributed by atoms with E-state index in [4.69, 9.17) is 5.11 Å². The molecule has 1 aliphatic rings. The van der Waals surface area contributed by atoms with Crippen LogP contribution in [-0.4, -0.2) is 34.6 Å². The van der Waals surface area contributed by atoms with Crippen LogP contribution in [0.2, 0.25) is 0 Å². The lowest BCUT2D eigenvalue weighted by molar-refractivity contribution is -0.143. The second-order valence-corrected chi connectivity index (χ2v) is 2.49. The van der Waals surface area contributed by atoms with Gasteiger partial charge in [0.2, 0.25) is 5.91 Å². The summed E-state index contributed by atoms with van der Waals surface area (Å²) in [5.41, 5.74) is 2.45. The van der Waals surface area contributed by atoms with E-state index in [9.17, 15) is 9.59 Å². The number of hydrogen-bond acceptors (Lipinski definition) is 3. The smallest absolute Gasteiger partial charge is 0.322 e. The summed E-state index contributed by atoms with van der Waals surface area (Å²) < 4.78 is 0. The maximum absolute atomic E-state index is 10.6. The summed E-state index contributed by atoms with van der Waals surface area (Å²) in [6, 6.07) is -0.638. The number of carbonyl (C=O) groups is 2. The van der Waals surface area contributed by atoms with Gasteiger partial charge in [0.15, 0.2) is 0 Å². The Labute approximate surface area is 64.0 Å². The second-order valence-electron chi connectivity index (χ2n) is 2.49. The number of hydrazine groups is 1. The van der Waals surface area contributed by atoms with Gasteiger partial charge in [-0.3, -0.25) is 15.0 Å². The molecule has 1 atom stereocenters. The van der Waals surface area contributed by atoms with Crippen molar-refractivity contribution in [3.05, 3.63) is 0 Å². The van der Waals surface area contributed by atoms with E-state index in [0.29, 0.717) is 13.0 Å². The number of nitrogens with one attached hydrogen (secondary N) is 1. The molecule has 1 fully saturated rings. The van der Waals surface area contributed by atoms with Gasteiger partial charge < -0.3 is 5.11 Å². The summed E-state index contributed by atoms with van der Waals surface area (Å²) >= 11 is 0. The molecule has 11 heavy (non-hydrogen) atoms. The minimum atomic E-state index is -0.924. The standard InChI is InChI=1S/C6H10N2O3/c1-4(6(10)11)8-3-2-5(9)7-8/h4H,2-3H2,1H3,(H,7,9)(H,10,11). The molecule has 0 aromatic carbocycles. The Kier molecular flexibility index (Phi) is 2.09. The van der Waals surface area contributed by atoms with Crippen molar-refractivity contribution in [3.63, 3.8) is 0 Å². The molecule has 0 aromatic rings. The Bertz CT molecular complexity index is 192. The molecule has 0 aromatic heterocycles. The molecule has 0 radical (unpaired) electrons. The van der Waals surface area contributed by atoms with E-state index in [0.717, 1.165) is 0 Å². The predicted molar refractivity (Wildman–Crippen MR) is 36.6 cm³/mol. The highest BCUT2D eigenvalue weighted by Crippen LogP contribution is 2.03. The van der Waals surface area contributed by atoms with Crippen LogP contribution < -0.4 is 5.43 Å². The van der Waals surface area contributed by atoms with E-state index in [1.54, 1.807) is 0 Å². The van der Waals surface area contributed by atoms with Crippen LogP contribution in [0.15, 0.2) is 0 Å². The largest absolute Gasteiger partial charge is 0.480 e. The van der Waals surface area contributed by atoms with Gasteiger partial charge in [0, 0.05) is 13.0 Å². The third kappa shape index (κ3) is 1.68. The number of carboxylic acids is 1. The molecule has 0 bridgehead atoms. The topological polar surface area (TPSA) is 69.6 Å². The lowest BCUT2D eigenvalue weighted by Gasteiger charge is -2.18. The summed E-state index contributed by atoms with van der Waals surface area (Å²) in [5, 5.41) is 9.96. The Hall–Kier alpha value is -1.10. The van der Waals surface area contributed by atoms with Gasteiger partial charge in [0.1, 0.15) is 6.04 Å². The number of rotatable bonds is 2. The Balaban J connectivity index is 2.49. The van der Waals surface area contributed by atoms with Gasteiger partial charge in [-0.15, -0.1) is 0 Å². The van der Waals surface area contributed by atoms with Gasteiger partial charge in [-0.1, -0.05) is 0 Å².